The van der Waals surface area contributed by atoms with Crippen LogP contribution in [0.5, 0.6) is 0 Å². The van der Waals surface area contributed by atoms with Crippen molar-refractivity contribution < 1.29 is 29.4 Å². The number of carboxylic acids is 2. The molecule has 0 heterocycles. The van der Waals surface area contributed by atoms with Crippen molar-refractivity contribution in [1.29, 1.82) is 0 Å². The average molecular weight is 421 g/mol. The molecule has 1 fully saturated rings. The molecule has 2 aliphatic rings. The fourth-order valence-electron chi connectivity index (χ4n) is 4.58. The predicted molar refractivity (Wildman–Crippen MR) is 110 cm³/mol. The normalized spacial score (nSPS) is 29.1. The van der Waals surface area contributed by atoms with Gasteiger partial charge in [0.1, 0.15) is 0 Å². The molecule has 0 bridgehead atoms. The third-order valence-electron chi connectivity index (χ3n) is 6.12. The van der Waals surface area contributed by atoms with Gasteiger partial charge in [0, 0.05) is 24.2 Å². The van der Waals surface area contributed by atoms with Crippen LogP contribution in [0.3, 0.4) is 0 Å². The highest BCUT2D eigenvalue weighted by Crippen LogP contribution is 2.37. The molecule has 5 atom stereocenters. The van der Waals surface area contributed by atoms with Crippen molar-refractivity contribution in [2.75, 3.05) is 0 Å². The van der Waals surface area contributed by atoms with E-state index in [1.807, 2.05) is 13.8 Å². The Balaban J connectivity index is 2.02. The molecule has 8 nitrogen and oxygen atoms in total. The van der Waals surface area contributed by atoms with Gasteiger partial charge in [-0.25, -0.2) is 4.79 Å². The number of carboxylic acid groups (broad SMARTS) is 2. The van der Waals surface area contributed by atoms with E-state index in [4.69, 9.17) is 5.11 Å². The van der Waals surface area contributed by atoms with Crippen LogP contribution in [0, 0.1) is 17.8 Å². The van der Waals surface area contributed by atoms with Crippen molar-refractivity contribution in [3.8, 4) is 0 Å². The number of nitrogens with one attached hydrogen (secondary N) is 2. The summed E-state index contributed by atoms with van der Waals surface area (Å²) in [7, 11) is 0. The van der Waals surface area contributed by atoms with Gasteiger partial charge < -0.3 is 20.8 Å². The van der Waals surface area contributed by atoms with Crippen LogP contribution in [0.4, 0.5) is 0 Å². The summed E-state index contributed by atoms with van der Waals surface area (Å²) in [6, 6.07) is -0.311. The van der Waals surface area contributed by atoms with Crippen LogP contribution in [0.25, 0.3) is 0 Å². The van der Waals surface area contributed by atoms with Gasteiger partial charge in [-0.05, 0) is 50.9 Å². The Morgan fingerprint density at radius 3 is 2.30 bits per heavy atom. The SMILES string of the molecule is CCC1=CC(CC)C(C(=O)NC2CCCC(NC(=O)/C=C\C(=O)O)C2)C(C(=O)O)C1. The van der Waals surface area contributed by atoms with Gasteiger partial charge in [-0.15, -0.1) is 0 Å². The fraction of sp³-hybridized carbons (Fsp3) is 0.636. The van der Waals surface area contributed by atoms with Crippen LogP contribution in [0.2, 0.25) is 0 Å². The highest BCUT2D eigenvalue weighted by Gasteiger charge is 2.41. The summed E-state index contributed by atoms with van der Waals surface area (Å²) in [4.78, 5) is 47.3. The Bertz CT molecular complexity index is 729. The molecule has 0 aromatic heterocycles. The Morgan fingerprint density at radius 1 is 1.07 bits per heavy atom. The van der Waals surface area contributed by atoms with Crippen molar-refractivity contribution in [2.24, 2.45) is 17.8 Å². The molecular formula is C22H32N2O6. The number of amides is 2. The first-order valence-corrected chi connectivity index (χ1v) is 10.7. The van der Waals surface area contributed by atoms with Crippen molar-refractivity contribution in [3.63, 3.8) is 0 Å². The Kier molecular flexibility index (Phi) is 8.62. The number of aliphatic carboxylic acids is 2. The van der Waals surface area contributed by atoms with Crippen LogP contribution < -0.4 is 10.6 Å². The maximum atomic E-state index is 13.1. The molecular weight excluding hydrogens is 388 g/mol. The van der Waals surface area contributed by atoms with Crippen molar-refractivity contribution in [2.45, 2.75) is 70.9 Å². The summed E-state index contributed by atoms with van der Waals surface area (Å²) in [6.45, 7) is 3.97. The second-order valence-corrected chi connectivity index (χ2v) is 8.17. The monoisotopic (exact) mass is 420 g/mol. The van der Waals surface area contributed by atoms with Crippen molar-refractivity contribution >= 4 is 23.8 Å². The predicted octanol–water partition coefficient (Wildman–Crippen LogP) is 2.25. The molecule has 0 aliphatic heterocycles. The lowest BCUT2D eigenvalue weighted by Gasteiger charge is -2.36. The van der Waals surface area contributed by atoms with Gasteiger partial charge in [0.2, 0.25) is 11.8 Å². The molecule has 8 heteroatoms. The summed E-state index contributed by atoms with van der Waals surface area (Å²) >= 11 is 0. The first-order chi connectivity index (χ1) is 14.2. The minimum atomic E-state index is -1.19. The number of allylic oxidation sites excluding steroid dienone is 2. The van der Waals surface area contributed by atoms with Gasteiger partial charge in [-0.3, -0.25) is 14.4 Å². The largest absolute Gasteiger partial charge is 0.481 e. The molecule has 4 N–H and O–H groups in total. The molecule has 2 amide bonds. The Hall–Kier alpha value is -2.64. The van der Waals surface area contributed by atoms with Crippen molar-refractivity contribution in [3.05, 3.63) is 23.8 Å². The summed E-state index contributed by atoms with van der Waals surface area (Å²) in [5, 5.41) is 24.1. The summed E-state index contributed by atoms with van der Waals surface area (Å²) in [5.41, 5.74) is 1.09. The first-order valence-electron chi connectivity index (χ1n) is 10.7. The van der Waals surface area contributed by atoms with E-state index in [9.17, 15) is 24.3 Å². The number of hydrogen-bond acceptors (Lipinski definition) is 4. The highest BCUT2D eigenvalue weighted by molar-refractivity contribution is 5.94. The quantitative estimate of drug-likeness (QED) is 0.352. The molecule has 0 aromatic carbocycles. The van der Waals surface area contributed by atoms with E-state index in [1.54, 1.807) is 0 Å². The zero-order valence-corrected chi connectivity index (χ0v) is 17.6. The second-order valence-electron chi connectivity index (χ2n) is 8.17. The molecule has 0 radical (unpaired) electrons. The van der Waals surface area contributed by atoms with Gasteiger partial charge in [-0.1, -0.05) is 25.5 Å². The summed E-state index contributed by atoms with van der Waals surface area (Å²) < 4.78 is 0. The van der Waals surface area contributed by atoms with Crippen LogP contribution in [-0.2, 0) is 19.2 Å². The Morgan fingerprint density at radius 2 is 1.73 bits per heavy atom. The van der Waals surface area contributed by atoms with E-state index in [1.165, 1.54) is 0 Å². The summed E-state index contributed by atoms with van der Waals surface area (Å²) in [6.07, 6.45) is 8.59. The maximum absolute atomic E-state index is 13.1. The number of rotatable bonds is 8. The average Bonchev–Trinajstić information content (AvgIpc) is 2.71. The standard InChI is InChI=1S/C22H32N2O6/c1-3-13-10-14(4-2)20(17(11-13)22(29)30)21(28)24-16-7-5-6-15(12-16)23-18(25)8-9-19(26)27/h8-10,14-17,20H,3-7,11-12H2,1-2H3,(H,23,25)(H,24,28)(H,26,27)(H,29,30)/b9-8-. The number of carbonyl (C=O) groups excluding carboxylic acids is 2. The molecule has 2 rings (SSSR count). The maximum Gasteiger partial charge on any atom is 0.328 e. The summed E-state index contributed by atoms with van der Waals surface area (Å²) in [5.74, 6) is -4.27. The van der Waals surface area contributed by atoms with E-state index >= 15 is 0 Å². The van der Waals surface area contributed by atoms with Crippen LogP contribution >= 0.6 is 0 Å². The minimum Gasteiger partial charge on any atom is -0.481 e. The lowest BCUT2D eigenvalue weighted by molar-refractivity contribution is -0.149. The minimum absolute atomic E-state index is 0.102. The van der Waals surface area contributed by atoms with Gasteiger partial charge in [0.15, 0.2) is 0 Å². The third-order valence-corrected chi connectivity index (χ3v) is 6.12. The van der Waals surface area contributed by atoms with E-state index in [2.05, 4.69) is 16.7 Å². The second kappa shape index (κ2) is 10.9. The molecule has 0 saturated heterocycles. The molecule has 1 saturated carbocycles. The lowest BCUT2D eigenvalue weighted by Crippen LogP contribution is -2.50. The molecule has 2 aliphatic carbocycles. The van der Waals surface area contributed by atoms with E-state index in [-0.39, 0.29) is 23.9 Å². The van der Waals surface area contributed by atoms with E-state index in [0.29, 0.717) is 19.3 Å². The topological polar surface area (TPSA) is 133 Å². The van der Waals surface area contributed by atoms with Gasteiger partial charge in [0.05, 0.1) is 11.8 Å². The zero-order chi connectivity index (χ0) is 22.3. The zero-order valence-electron chi connectivity index (χ0n) is 17.6. The van der Waals surface area contributed by atoms with Gasteiger partial charge >= 0.3 is 11.9 Å². The fourth-order valence-corrected chi connectivity index (χ4v) is 4.58. The number of hydrogen-bond donors (Lipinski definition) is 4. The first kappa shape index (κ1) is 23.6. The molecule has 0 aromatic rings. The highest BCUT2D eigenvalue weighted by atomic mass is 16.4. The van der Waals surface area contributed by atoms with E-state index < -0.39 is 29.7 Å². The molecule has 0 spiro atoms. The van der Waals surface area contributed by atoms with E-state index in [0.717, 1.165) is 43.4 Å². The molecule has 30 heavy (non-hydrogen) atoms. The Labute approximate surface area is 176 Å². The number of carbonyl (C=O) groups is 4. The van der Waals surface area contributed by atoms with Gasteiger partial charge in [0.25, 0.3) is 0 Å². The molecule has 5 unspecified atom stereocenters. The van der Waals surface area contributed by atoms with Crippen LogP contribution in [0.15, 0.2) is 23.8 Å². The third kappa shape index (κ3) is 6.43. The van der Waals surface area contributed by atoms with Crippen LogP contribution in [-0.4, -0.2) is 46.0 Å². The van der Waals surface area contributed by atoms with Crippen LogP contribution in [0.1, 0.15) is 58.8 Å². The smallest absolute Gasteiger partial charge is 0.328 e. The van der Waals surface area contributed by atoms with Gasteiger partial charge in [-0.2, -0.15) is 0 Å². The lowest BCUT2D eigenvalue weighted by atomic mass is 9.71. The van der Waals surface area contributed by atoms with Crippen molar-refractivity contribution in [1.82, 2.24) is 10.6 Å². The molecule has 166 valence electrons.